The molecule has 11 nitrogen and oxygen atoms in total. The van der Waals surface area contributed by atoms with Crippen LogP contribution < -0.4 is 15.4 Å². The normalized spacial score (nSPS) is 15.8. The maximum Gasteiger partial charge on any atom is 0.431 e. The smallest absolute Gasteiger partial charge is 0.431 e. The van der Waals surface area contributed by atoms with Gasteiger partial charge in [0.05, 0.1) is 35.7 Å². The number of non-ortho nitro benzene ring substituents is 1. The predicted molar refractivity (Wildman–Crippen MR) is 152 cm³/mol. The van der Waals surface area contributed by atoms with Gasteiger partial charge in [-0.1, -0.05) is 30.3 Å². The van der Waals surface area contributed by atoms with Gasteiger partial charge in [-0.15, -0.1) is 0 Å². The van der Waals surface area contributed by atoms with E-state index in [0.717, 1.165) is 19.2 Å². The molecule has 0 aliphatic carbocycles. The number of benzene rings is 2. The topological polar surface area (TPSA) is 149 Å². The molecule has 0 bridgehead atoms. The molecular formula is C30H34F3N3O8. The summed E-state index contributed by atoms with van der Waals surface area (Å²) in [4.78, 5) is 36.6. The highest BCUT2D eigenvalue weighted by atomic mass is 19.4. The second-order valence-corrected chi connectivity index (χ2v) is 9.91. The summed E-state index contributed by atoms with van der Waals surface area (Å²) in [5.74, 6) is -3.32. The summed E-state index contributed by atoms with van der Waals surface area (Å²) < 4.78 is 57.5. The molecule has 1 aliphatic rings. The van der Waals surface area contributed by atoms with E-state index in [1.165, 1.54) is 19.1 Å². The molecule has 2 aromatic carbocycles. The number of nitro groups is 1. The molecule has 2 unspecified atom stereocenters. The third kappa shape index (κ3) is 9.28. The molecule has 14 heteroatoms. The first-order valence-corrected chi connectivity index (χ1v) is 13.8. The Morgan fingerprint density at radius 3 is 2.45 bits per heavy atom. The third-order valence-corrected chi connectivity index (χ3v) is 6.68. The number of dihydropyridines is 1. The number of para-hydroxylation sites is 1. The number of carbonyl (C=O) groups excluding carboxylic acids is 2. The van der Waals surface area contributed by atoms with Crippen molar-refractivity contribution in [2.45, 2.75) is 44.4 Å². The number of aliphatic hydroxyl groups is 1. The first-order chi connectivity index (χ1) is 20.9. The maximum absolute atomic E-state index is 14.0. The summed E-state index contributed by atoms with van der Waals surface area (Å²) in [6, 6.07) is 13.8. The van der Waals surface area contributed by atoms with Crippen LogP contribution in [0.3, 0.4) is 0 Å². The zero-order valence-electron chi connectivity index (χ0n) is 24.2. The second kappa shape index (κ2) is 15.9. The predicted octanol–water partition coefficient (Wildman–Crippen LogP) is 4.29. The standard InChI is InChI=1S/C30H34F3N3O8/c1-19-24(29(39)43-15-8-4-7-14-34-17-22(37)18-44-23-12-5-3-6-13-23)25(20-10-9-11-21(16-20)36(40)41)26(28(38)42-2)27(35-19)30(31,32)33/h3,5-6,9-13,16,22,25,34-35,37H,4,7-8,14-15,17-18H2,1-2H3. The number of hydrogen-bond donors (Lipinski definition) is 3. The minimum atomic E-state index is -5.03. The Morgan fingerprint density at radius 2 is 1.80 bits per heavy atom. The van der Waals surface area contributed by atoms with Gasteiger partial charge in [0.2, 0.25) is 0 Å². The molecule has 0 aromatic heterocycles. The van der Waals surface area contributed by atoms with Gasteiger partial charge >= 0.3 is 18.1 Å². The lowest BCUT2D eigenvalue weighted by molar-refractivity contribution is -0.384. The van der Waals surface area contributed by atoms with Gasteiger partial charge in [0.15, 0.2) is 0 Å². The summed E-state index contributed by atoms with van der Waals surface area (Å²) >= 11 is 0. The lowest BCUT2D eigenvalue weighted by Gasteiger charge is -2.31. The number of methoxy groups -OCH3 is 1. The molecule has 0 saturated carbocycles. The number of nitro benzene ring substituents is 1. The molecular weight excluding hydrogens is 587 g/mol. The number of ether oxygens (including phenoxy) is 3. The van der Waals surface area contributed by atoms with Crippen LogP contribution in [0, 0.1) is 10.1 Å². The van der Waals surface area contributed by atoms with Gasteiger partial charge in [-0.05, 0) is 50.4 Å². The summed E-state index contributed by atoms with van der Waals surface area (Å²) in [5.41, 5.74) is -3.39. The van der Waals surface area contributed by atoms with Gasteiger partial charge in [0.25, 0.3) is 5.69 Å². The zero-order chi connectivity index (χ0) is 32.3. The summed E-state index contributed by atoms with van der Waals surface area (Å²) in [6.45, 7) is 2.19. The number of aliphatic hydroxyl groups excluding tert-OH is 1. The largest absolute Gasteiger partial charge is 0.491 e. The van der Waals surface area contributed by atoms with Crippen molar-refractivity contribution < 1.29 is 47.0 Å². The number of halogens is 3. The van der Waals surface area contributed by atoms with Crippen LogP contribution in [0.2, 0.25) is 0 Å². The van der Waals surface area contributed by atoms with Crippen molar-refractivity contribution in [3.63, 3.8) is 0 Å². The number of alkyl halides is 3. The lowest BCUT2D eigenvalue weighted by Crippen LogP contribution is -2.38. The van der Waals surface area contributed by atoms with Crippen molar-refractivity contribution in [1.29, 1.82) is 0 Å². The molecule has 238 valence electrons. The fraction of sp³-hybridized carbons (Fsp3) is 0.400. The van der Waals surface area contributed by atoms with E-state index in [9.17, 15) is 38.0 Å². The Balaban J connectivity index is 1.60. The van der Waals surface area contributed by atoms with Crippen molar-refractivity contribution in [3.05, 3.63) is 92.8 Å². The molecule has 2 atom stereocenters. The van der Waals surface area contributed by atoms with Gasteiger partial charge < -0.3 is 30.0 Å². The van der Waals surface area contributed by atoms with E-state index in [1.54, 1.807) is 12.1 Å². The monoisotopic (exact) mass is 621 g/mol. The van der Waals surface area contributed by atoms with Crippen LogP contribution in [-0.2, 0) is 19.1 Å². The molecule has 0 fully saturated rings. The minimum absolute atomic E-state index is 0.0613. The number of rotatable bonds is 15. The van der Waals surface area contributed by atoms with Crippen LogP contribution in [0.5, 0.6) is 5.75 Å². The molecule has 2 aromatic rings. The quantitative estimate of drug-likeness (QED) is 0.114. The highest BCUT2D eigenvalue weighted by Gasteiger charge is 2.47. The van der Waals surface area contributed by atoms with Crippen LogP contribution in [0.4, 0.5) is 18.9 Å². The van der Waals surface area contributed by atoms with Gasteiger partial charge in [-0.2, -0.15) is 13.2 Å². The molecule has 44 heavy (non-hydrogen) atoms. The Bertz CT molecular complexity index is 1380. The van der Waals surface area contributed by atoms with E-state index in [-0.39, 0.29) is 30.0 Å². The van der Waals surface area contributed by atoms with Gasteiger partial charge in [0, 0.05) is 24.4 Å². The number of unbranched alkanes of at least 4 members (excludes halogenated alkanes) is 2. The minimum Gasteiger partial charge on any atom is -0.491 e. The summed E-state index contributed by atoms with van der Waals surface area (Å²) in [7, 11) is 0.894. The van der Waals surface area contributed by atoms with E-state index >= 15 is 0 Å². The zero-order valence-corrected chi connectivity index (χ0v) is 24.2. The molecule has 0 saturated heterocycles. The van der Waals surface area contributed by atoms with E-state index in [2.05, 4.69) is 15.4 Å². The van der Waals surface area contributed by atoms with Crippen LogP contribution in [0.15, 0.2) is 77.1 Å². The van der Waals surface area contributed by atoms with E-state index < -0.39 is 52.0 Å². The Hall–Kier alpha value is -4.43. The van der Waals surface area contributed by atoms with Crippen LogP contribution in [0.1, 0.15) is 37.7 Å². The van der Waals surface area contributed by atoms with E-state index in [1.807, 2.05) is 18.2 Å². The third-order valence-electron chi connectivity index (χ3n) is 6.68. The molecule has 0 spiro atoms. The van der Waals surface area contributed by atoms with Crippen molar-refractivity contribution in [3.8, 4) is 5.75 Å². The van der Waals surface area contributed by atoms with Crippen molar-refractivity contribution in [1.82, 2.24) is 10.6 Å². The average molecular weight is 622 g/mol. The fourth-order valence-electron chi connectivity index (χ4n) is 4.61. The molecule has 0 amide bonds. The number of nitrogens with zero attached hydrogens (tertiary/aromatic N) is 1. The molecule has 3 rings (SSSR count). The van der Waals surface area contributed by atoms with Gasteiger partial charge in [0.1, 0.15) is 24.2 Å². The number of nitrogens with one attached hydrogen (secondary N) is 2. The number of esters is 2. The van der Waals surface area contributed by atoms with E-state index in [4.69, 9.17) is 9.47 Å². The van der Waals surface area contributed by atoms with Gasteiger partial charge in [-0.25, -0.2) is 9.59 Å². The fourth-order valence-corrected chi connectivity index (χ4v) is 4.61. The highest BCUT2D eigenvalue weighted by Crippen LogP contribution is 2.44. The van der Waals surface area contributed by atoms with Crippen molar-refractivity contribution >= 4 is 17.6 Å². The average Bonchev–Trinajstić information content (AvgIpc) is 3.00. The molecule has 1 heterocycles. The van der Waals surface area contributed by atoms with Crippen LogP contribution >= 0.6 is 0 Å². The van der Waals surface area contributed by atoms with Gasteiger partial charge in [-0.3, -0.25) is 10.1 Å². The van der Waals surface area contributed by atoms with Crippen LogP contribution in [-0.4, -0.2) is 67.7 Å². The lowest BCUT2D eigenvalue weighted by atomic mass is 9.80. The Labute approximate surface area is 251 Å². The summed E-state index contributed by atoms with van der Waals surface area (Å²) in [5, 5.41) is 26.6. The first kappa shape index (κ1) is 34.1. The first-order valence-electron chi connectivity index (χ1n) is 13.8. The highest BCUT2D eigenvalue weighted by molar-refractivity contribution is 6.00. The molecule has 0 radical (unpaired) electrons. The SMILES string of the molecule is COC(=O)C1=C(C(F)(F)F)NC(C)=C(C(=O)OCCCCCNCC(O)COc2ccccc2)C1c1cccc([N+](=O)[O-])c1. The molecule has 3 N–H and O–H groups in total. The number of carbonyl (C=O) groups is 2. The summed E-state index contributed by atoms with van der Waals surface area (Å²) in [6.07, 6.45) is -3.99. The second-order valence-electron chi connectivity index (χ2n) is 9.91. The Morgan fingerprint density at radius 1 is 1.07 bits per heavy atom. The van der Waals surface area contributed by atoms with Crippen LogP contribution in [0.25, 0.3) is 0 Å². The Kier molecular flexibility index (Phi) is 12.3. The van der Waals surface area contributed by atoms with E-state index in [0.29, 0.717) is 38.1 Å². The number of hydrogen-bond acceptors (Lipinski definition) is 10. The maximum atomic E-state index is 14.0. The number of allylic oxidation sites excluding steroid dienone is 2. The van der Waals surface area contributed by atoms with Crippen molar-refractivity contribution in [2.24, 2.45) is 0 Å². The molecule has 1 aliphatic heterocycles. The van der Waals surface area contributed by atoms with Crippen molar-refractivity contribution in [2.75, 3.05) is 33.4 Å².